The number of thiazole rings is 1. The highest BCUT2D eigenvalue weighted by Gasteiger charge is 2.29. The number of alkyl halides is 1. The number of anilines is 1. The van der Waals surface area contributed by atoms with E-state index in [1.54, 1.807) is 11.3 Å². The molecule has 18 heavy (non-hydrogen) atoms. The van der Waals surface area contributed by atoms with Crippen LogP contribution in [0.25, 0.3) is 4.96 Å². The lowest BCUT2D eigenvalue weighted by Gasteiger charge is -2.38. The summed E-state index contributed by atoms with van der Waals surface area (Å²) in [5, 5.41) is 2.70. The normalized spacial score (nSPS) is 24.9. The Kier molecular flexibility index (Phi) is 3.47. The largest absolute Gasteiger partial charge is 0.350 e. The molecular formula is C12H16ClN3S2. The van der Waals surface area contributed by atoms with Crippen LogP contribution in [0.1, 0.15) is 19.5 Å². The molecule has 1 aliphatic rings. The smallest absolute Gasteiger partial charge is 0.195 e. The number of halogens is 1. The van der Waals surface area contributed by atoms with Gasteiger partial charge in [0.2, 0.25) is 0 Å². The topological polar surface area (TPSA) is 20.5 Å². The van der Waals surface area contributed by atoms with Crippen molar-refractivity contribution in [3.8, 4) is 0 Å². The fourth-order valence-corrected chi connectivity index (χ4v) is 4.48. The van der Waals surface area contributed by atoms with Crippen molar-refractivity contribution in [1.29, 1.82) is 0 Å². The third-order valence-electron chi connectivity index (χ3n) is 3.62. The quantitative estimate of drug-likeness (QED) is 0.792. The number of hydrogen-bond acceptors (Lipinski definition) is 4. The number of rotatable bonds is 2. The minimum Gasteiger partial charge on any atom is -0.350 e. The molecule has 0 saturated carbocycles. The number of thioether (sulfide) groups is 1. The number of fused-ring (bicyclic) bond motifs is 1. The van der Waals surface area contributed by atoms with Crippen molar-refractivity contribution in [2.45, 2.75) is 31.0 Å². The van der Waals surface area contributed by atoms with E-state index in [9.17, 15) is 0 Å². The molecule has 2 atom stereocenters. The molecule has 2 aromatic rings. The van der Waals surface area contributed by atoms with E-state index in [-0.39, 0.29) is 0 Å². The Hall–Kier alpha value is -0.390. The molecule has 0 aliphatic carbocycles. The molecule has 0 radical (unpaired) electrons. The summed E-state index contributed by atoms with van der Waals surface area (Å²) in [6.07, 6.45) is 2.06. The number of aromatic nitrogens is 2. The maximum atomic E-state index is 6.12. The molecule has 0 amide bonds. The lowest BCUT2D eigenvalue weighted by molar-refractivity contribution is 0.620. The number of hydrogen-bond donors (Lipinski definition) is 0. The third-order valence-corrected chi connectivity index (χ3v) is 5.97. The predicted octanol–water partition coefficient (Wildman–Crippen LogP) is 3.46. The number of imidazole rings is 1. The summed E-state index contributed by atoms with van der Waals surface area (Å²) in [6, 6.07) is 0.510. The highest BCUT2D eigenvalue weighted by molar-refractivity contribution is 8.00. The zero-order chi connectivity index (χ0) is 12.7. The van der Waals surface area contributed by atoms with Gasteiger partial charge in [-0.1, -0.05) is 6.92 Å². The summed E-state index contributed by atoms with van der Waals surface area (Å²) >= 11 is 9.83. The van der Waals surface area contributed by atoms with Gasteiger partial charge in [-0.05, 0) is 6.92 Å². The van der Waals surface area contributed by atoms with E-state index in [0.717, 1.165) is 23.0 Å². The summed E-state index contributed by atoms with van der Waals surface area (Å²) in [5.41, 5.74) is 1.12. The molecule has 0 bridgehead atoms. The van der Waals surface area contributed by atoms with Gasteiger partial charge >= 0.3 is 0 Å². The van der Waals surface area contributed by atoms with E-state index in [1.807, 2.05) is 11.8 Å². The Morgan fingerprint density at radius 3 is 3.11 bits per heavy atom. The molecule has 0 N–H and O–H groups in total. The maximum Gasteiger partial charge on any atom is 0.195 e. The van der Waals surface area contributed by atoms with Gasteiger partial charge in [0.05, 0.1) is 11.6 Å². The van der Waals surface area contributed by atoms with Crippen LogP contribution in [0.15, 0.2) is 11.6 Å². The summed E-state index contributed by atoms with van der Waals surface area (Å²) < 4.78 is 2.12. The molecule has 0 aromatic carbocycles. The van der Waals surface area contributed by atoms with Crippen molar-refractivity contribution in [1.82, 2.24) is 9.38 Å². The fourth-order valence-electron chi connectivity index (χ4n) is 2.41. The average Bonchev–Trinajstić information content (AvgIpc) is 2.92. The van der Waals surface area contributed by atoms with E-state index in [4.69, 9.17) is 16.6 Å². The zero-order valence-electron chi connectivity index (χ0n) is 10.5. The second-order valence-electron chi connectivity index (χ2n) is 4.58. The van der Waals surface area contributed by atoms with Crippen molar-refractivity contribution in [3.63, 3.8) is 0 Å². The van der Waals surface area contributed by atoms with Crippen LogP contribution in [-0.2, 0) is 5.88 Å². The maximum absolute atomic E-state index is 6.12. The molecule has 0 spiro atoms. The Bertz CT molecular complexity index is 551. The Labute approximate surface area is 120 Å². The van der Waals surface area contributed by atoms with Gasteiger partial charge in [0, 0.05) is 35.2 Å². The monoisotopic (exact) mass is 301 g/mol. The van der Waals surface area contributed by atoms with Crippen LogP contribution in [0.5, 0.6) is 0 Å². The van der Waals surface area contributed by atoms with Crippen molar-refractivity contribution < 1.29 is 0 Å². The van der Waals surface area contributed by atoms with Gasteiger partial charge < -0.3 is 4.90 Å². The molecule has 98 valence electrons. The SMILES string of the molecule is CC1SCCN(c2nc3sccn3c2CCl)C1C. The minimum atomic E-state index is 0.510. The molecule has 1 fully saturated rings. The molecule has 2 unspecified atom stereocenters. The van der Waals surface area contributed by atoms with Gasteiger partial charge in [-0.25, -0.2) is 4.98 Å². The minimum absolute atomic E-state index is 0.510. The van der Waals surface area contributed by atoms with E-state index in [2.05, 4.69) is 34.7 Å². The highest BCUT2D eigenvalue weighted by atomic mass is 35.5. The van der Waals surface area contributed by atoms with Gasteiger partial charge in [-0.2, -0.15) is 11.8 Å². The van der Waals surface area contributed by atoms with Crippen LogP contribution in [0, 0.1) is 0 Å². The van der Waals surface area contributed by atoms with Crippen molar-refractivity contribution >= 4 is 45.5 Å². The number of nitrogens with zero attached hydrogens (tertiary/aromatic N) is 3. The Morgan fingerprint density at radius 1 is 1.50 bits per heavy atom. The first-order valence-electron chi connectivity index (χ1n) is 6.11. The summed E-state index contributed by atoms with van der Waals surface area (Å²) in [6.45, 7) is 5.63. The van der Waals surface area contributed by atoms with Crippen LogP contribution >= 0.6 is 34.7 Å². The summed E-state index contributed by atoms with van der Waals surface area (Å²) in [7, 11) is 0. The first-order chi connectivity index (χ1) is 8.72. The van der Waals surface area contributed by atoms with Gasteiger partial charge in [-0.3, -0.25) is 4.40 Å². The second kappa shape index (κ2) is 4.94. The molecule has 3 nitrogen and oxygen atoms in total. The van der Waals surface area contributed by atoms with Crippen LogP contribution < -0.4 is 4.90 Å². The predicted molar refractivity (Wildman–Crippen MR) is 81.4 cm³/mol. The molecule has 1 saturated heterocycles. The molecule has 1 aliphatic heterocycles. The summed E-state index contributed by atoms with van der Waals surface area (Å²) in [5.74, 6) is 2.76. The average molecular weight is 302 g/mol. The standard InChI is InChI=1S/C12H16ClN3S2/c1-8-9(2)17-5-3-15(8)11-10(7-13)16-4-6-18-12(16)14-11/h4,6,8-9H,3,5,7H2,1-2H3. The van der Waals surface area contributed by atoms with Gasteiger partial charge in [0.1, 0.15) is 0 Å². The van der Waals surface area contributed by atoms with E-state index >= 15 is 0 Å². The van der Waals surface area contributed by atoms with Gasteiger partial charge in [-0.15, -0.1) is 22.9 Å². The molecule has 6 heteroatoms. The van der Waals surface area contributed by atoms with E-state index in [0.29, 0.717) is 17.2 Å². The van der Waals surface area contributed by atoms with Crippen LogP contribution in [0.4, 0.5) is 5.82 Å². The zero-order valence-corrected chi connectivity index (χ0v) is 12.9. The van der Waals surface area contributed by atoms with Crippen LogP contribution in [0.3, 0.4) is 0 Å². The van der Waals surface area contributed by atoms with Crippen molar-refractivity contribution in [2.24, 2.45) is 0 Å². The van der Waals surface area contributed by atoms with Crippen molar-refractivity contribution in [3.05, 3.63) is 17.3 Å². The molecule has 3 rings (SSSR count). The Morgan fingerprint density at radius 2 is 2.33 bits per heavy atom. The Balaban J connectivity index is 2.04. The van der Waals surface area contributed by atoms with Crippen molar-refractivity contribution in [2.75, 3.05) is 17.2 Å². The first kappa shape index (κ1) is 12.6. The highest BCUT2D eigenvalue weighted by Crippen LogP contribution is 2.32. The molecule has 2 aromatic heterocycles. The lowest BCUT2D eigenvalue weighted by atomic mass is 10.2. The van der Waals surface area contributed by atoms with Gasteiger partial charge in [0.15, 0.2) is 10.8 Å². The second-order valence-corrected chi connectivity index (χ2v) is 7.21. The first-order valence-corrected chi connectivity index (χ1v) is 8.57. The molecule has 3 heterocycles. The summed E-state index contributed by atoms with van der Waals surface area (Å²) in [4.78, 5) is 8.22. The van der Waals surface area contributed by atoms with Crippen LogP contribution in [-0.4, -0.2) is 33.0 Å². The van der Waals surface area contributed by atoms with Crippen LogP contribution in [0.2, 0.25) is 0 Å². The molecular weight excluding hydrogens is 286 g/mol. The van der Waals surface area contributed by atoms with Gasteiger partial charge in [0.25, 0.3) is 0 Å². The fraction of sp³-hybridized carbons (Fsp3) is 0.583. The third kappa shape index (κ3) is 1.92. The van der Waals surface area contributed by atoms with E-state index < -0.39 is 0 Å². The lowest BCUT2D eigenvalue weighted by Crippen LogP contribution is -2.45. The van der Waals surface area contributed by atoms with E-state index in [1.165, 1.54) is 5.75 Å².